The molecule has 1 heterocycles. The predicted molar refractivity (Wildman–Crippen MR) is 66.5 cm³/mol. The molecule has 3 atom stereocenters. The molecule has 0 amide bonds. The van der Waals surface area contributed by atoms with Crippen molar-refractivity contribution in [2.45, 2.75) is 53.6 Å². The molecule has 0 bridgehead atoms. The highest BCUT2D eigenvalue weighted by molar-refractivity contribution is 5.99. The molecule has 1 rings (SSSR count). The first-order valence-electron chi connectivity index (χ1n) is 6.38. The Balaban J connectivity index is 3.05. The van der Waals surface area contributed by atoms with Crippen molar-refractivity contribution in [1.29, 1.82) is 0 Å². The molecule has 0 aromatic heterocycles. The van der Waals surface area contributed by atoms with Gasteiger partial charge in [0.05, 0.1) is 11.8 Å². The van der Waals surface area contributed by atoms with Crippen LogP contribution in [0.5, 0.6) is 0 Å². The Morgan fingerprint density at radius 2 is 2.00 bits per heavy atom. The first kappa shape index (κ1) is 13.9. The molecule has 0 spiro atoms. The van der Waals surface area contributed by atoms with E-state index in [9.17, 15) is 9.59 Å². The van der Waals surface area contributed by atoms with Crippen molar-refractivity contribution < 1.29 is 14.3 Å². The molecule has 0 saturated carbocycles. The van der Waals surface area contributed by atoms with Crippen LogP contribution in [0.2, 0.25) is 0 Å². The summed E-state index contributed by atoms with van der Waals surface area (Å²) in [5, 5.41) is 0. The van der Waals surface area contributed by atoms with Crippen molar-refractivity contribution in [2.24, 2.45) is 11.8 Å². The molecule has 0 fully saturated rings. The Kier molecular flexibility index (Phi) is 4.49. The van der Waals surface area contributed by atoms with Crippen LogP contribution in [0.1, 0.15) is 47.5 Å². The van der Waals surface area contributed by atoms with E-state index in [0.717, 1.165) is 6.42 Å². The molecule has 3 nitrogen and oxygen atoms in total. The molecular weight excluding hydrogens is 216 g/mol. The van der Waals surface area contributed by atoms with Crippen LogP contribution < -0.4 is 0 Å². The van der Waals surface area contributed by atoms with Crippen molar-refractivity contribution in [2.75, 3.05) is 0 Å². The first-order valence-corrected chi connectivity index (χ1v) is 6.38. The summed E-state index contributed by atoms with van der Waals surface area (Å²) in [4.78, 5) is 23.8. The first-order chi connectivity index (χ1) is 7.93. The van der Waals surface area contributed by atoms with Gasteiger partial charge in [-0.15, -0.1) is 0 Å². The van der Waals surface area contributed by atoms with Crippen LogP contribution in [-0.4, -0.2) is 17.7 Å². The Labute approximate surface area is 103 Å². The zero-order chi connectivity index (χ0) is 13.2. The molecule has 0 aromatic rings. The van der Waals surface area contributed by atoms with E-state index >= 15 is 0 Å². The molecule has 3 heteroatoms. The van der Waals surface area contributed by atoms with E-state index in [0.29, 0.717) is 17.8 Å². The van der Waals surface area contributed by atoms with Gasteiger partial charge < -0.3 is 4.74 Å². The van der Waals surface area contributed by atoms with Gasteiger partial charge in [-0.2, -0.15) is 0 Å². The number of carbonyl (C=O) groups is 2. The van der Waals surface area contributed by atoms with Crippen LogP contribution in [0.25, 0.3) is 0 Å². The minimum atomic E-state index is -0.300. The third-order valence-corrected chi connectivity index (χ3v) is 3.62. The number of allylic oxidation sites excluding steroid dienone is 2. The van der Waals surface area contributed by atoms with Crippen molar-refractivity contribution >= 4 is 11.6 Å². The van der Waals surface area contributed by atoms with Crippen molar-refractivity contribution in [3.8, 4) is 0 Å². The van der Waals surface area contributed by atoms with Crippen molar-refractivity contribution in [3.05, 3.63) is 11.3 Å². The van der Waals surface area contributed by atoms with Gasteiger partial charge in [0.15, 0.2) is 5.78 Å². The number of ketones is 2. The molecule has 0 radical (unpaired) electrons. The van der Waals surface area contributed by atoms with Crippen molar-refractivity contribution in [3.63, 3.8) is 0 Å². The lowest BCUT2D eigenvalue weighted by Gasteiger charge is -2.33. The molecule has 1 aliphatic heterocycles. The lowest BCUT2D eigenvalue weighted by atomic mass is 9.86. The molecule has 1 unspecified atom stereocenters. The van der Waals surface area contributed by atoms with E-state index in [1.54, 1.807) is 6.92 Å². The number of carbonyl (C=O) groups excluding carboxylic acids is 2. The molecule has 0 saturated heterocycles. The smallest absolute Gasteiger partial charge is 0.168 e. The van der Waals surface area contributed by atoms with Gasteiger partial charge in [-0.05, 0) is 20.3 Å². The van der Waals surface area contributed by atoms with Gasteiger partial charge in [-0.25, -0.2) is 0 Å². The van der Waals surface area contributed by atoms with Gasteiger partial charge in [-0.3, -0.25) is 9.59 Å². The van der Waals surface area contributed by atoms with Crippen LogP contribution in [0.4, 0.5) is 0 Å². The average molecular weight is 238 g/mol. The van der Waals surface area contributed by atoms with Gasteiger partial charge in [-0.1, -0.05) is 20.8 Å². The maximum atomic E-state index is 12.1. The summed E-state index contributed by atoms with van der Waals surface area (Å²) < 4.78 is 5.85. The summed E-state index contributed by atoms with van der Waals surface area (Å²) in [6, 6.07) is 0. The van der Waals surface area contributed by atoms with Crippen LogP contribution in [0.15, 0.2) is 11.3 Å². The zero-order valence-electron chi connectivity index (χ0n) is 11.4. The fraction of sp³-hybridized carbons (Fsp3) is 0.714. The topological polar surface area (TPSA) is 43.4 Å². The van der Waals surface area contributed by atoms with Gasteiger partial charge in [0.25, 0.3) is 0 Å². The SMILES string of the molecule is CCC(=O)C(C)C1=C(C)C(=O)[C@H](C)[C@H](CC)O1. The molecule has 0 aliphatic carbocycles. The molecule has 0 aromatic carbocycles. The van der Waals surface area contributed by atoms with Gasteiger partial charge in [0.1, 0.15) is 17.6 Å². The standard InChI is InChI=1S/C14H22O3/c1-6-11(15)8(3)14-10(5)13(16)9(4)12(7-2)17-14/h8-9,12H,6-7H2,1-5H3/t8?,9-,12+/m1/s1. The molecule has 96 valence electrons. The minimum absolute atomic E-state index is 0.0895. The van der Waals surface area contributed by atoms with Crippen LogP contribution in [-0.2, 0) is 14.3 Å². The minimum Gasteiger partial charge on any atom is -0.493 e. The maximum Gasteiger partial charge on any atom is 0.168 e. The fourth-order valence-electron chi connectivity index (χ4n) is 2.30. The summed E-state index contributed by atoms with van der Waals surface area (Å²) in [5.74, 6) is 0.426. The van der Waals surface area contributed by atoms with Crippen LogP contribution >= 0.6 is 0 Å². The van der Waals surface area contributed by atoms with E-state index in [2.05, 4.69) is 0 Å². The summed E-state index contributed by atoms with van der Waals surface area (Å²) in [7, 11) is 0. The highest BCUT2D eigenvalue weighted by Gasteiger charge is 2.35. The Morgan fingerprint density at radius 1 is 1.41 bits per heavy atom. The van der Waals surface area contributed by atoms with Crippen LogP contribution in [0.3, 0.4) is 0 Å². The van der Waals surface area contributed by atoms with Crippen molar-refractivity contribution in [1.82, 2.24) is 0 Å². The zero-order valence-corrected chi connectivity index (χ0v) is 11.4. The maximum absolute atomic E-state index is 12.1. The lowest BCUT2D eigenvalue weighted by Crippen LogP contribution is -2.36. The second kappa shape index (κ2) is 5.48. The third-order valence-electron chi connectivity index (χ3n) is 3.62. The van der Waals surface area contributed by atoms with Gasteiger partial charge >= 0.3 is 0 Å². The van der Waals surface area contributed by atoms with E-state index in [1.165, 1.54) is 0 Å². The summed E-state index contributed by atoms with van der Waals surface area (Å²) >= 11 is 0. The highest BCUT2D eigenvalue weighted by atomic mass is 16.5. The number of Topliss-reactive ketones (excluding diaryl/α,β-unsaturated/α-hetero) is 2. The van der Waals surface area contributed by atoms with E-state index < -0.39 is 0 Å². The number of hydrogen-bond acceptors (Lipinski definition) is 3. The van der Waals surface area contributed by atoms with Gasteiger partial charge in [0, 0.05) is 12.0 Å². The van der Waals surface area contributed by atoms with E-state index in [-0.39, 0.29) is 29.5 Å². The predicted octanol–water partition coefficient (Wildman–Crippen LogP) is 2.89. The number of rotatable bonds is 4. The molecule has 0 N–H and O–H groups in total. The Bertz CT molecular complexity index is 354. The molecule has 17 heavy (non-hydrogen) atoms. The average Bonchev–Trinajstić information content (AvgIpc) is 2.34. The summed E-state index contributed by atoms with van der Waals surface area (Å²) in [6.07, 6.45) is 1.17. The molecular formula is C14H22O3. The lowest BCUT2D eigenvalue weighted by molar-refractivity contribution is -0.128. The Morgan fingerprint density at radius 3 is 2.47 bits per heavy atom. The quantitative estimate of drug-likeness (QED) is 0.756. The fourth-order valence-corrected chi connectivity index (χ4v) is 2.30. The Hall–Kier alpha value is -1.12. The monoisotopic (exact) mass is 238 g/mol. The number of ether oxygens (including phenoxy) is 1. The summed E-state index contributed by atoms with van der Waals surface area (Å²) in [6.45, 7) is 9.31. The second-order valence-corrected chi connectivity index (χ2v) is 4.75. The normalized spacial score (nSPS) is 26.8. The largest absolute Gasteiger partial charge is 0.493 e. The summed E-state index contributed by atoms with van der Waals surface area (Å²) in [5.41, 5.74) is 0.622. The number of hydrogen-bond donors (Lipinski definition) is 0. The van der Waals surface area contributed by atoms with Crippen LogP contribution in [0, 0.1) is 11.8 Å². The van der Waals surface area contributed by atoms with E-state index in [1.807, 2.05) is 27.7 Å². The van der Waals surface area contributed by atoms with Gasteiger partial charge in [0.2, 0.25) is 0 Å². The van der Waals surface area contributed by atoms with E-state index in [4.69, 9.17) is 4.74 Å². The molecule has 1 aliphatic rings. The third kappa shape index (κ3) is 2.59. The second-order valence-electron chi connectivity index (χ2n) is 4.75. The highest BCUT2D eigenvalue weighted by Crippen LogP contribution is 2.31.